The highest BCUT2D eigenvalue weighted by Gasteiger charge is 2.53. The van der Waals surface area contributed by atoms with Gasteiger partial charge in [-0.15, -0.1) is 0 Å². The van der Waals surface area contributed by atoms with Gasteiger partial charge in [0, 0.05) is 74.9 Å². The van der Waals surface area contributed by atoms with Crippen LogP contribution in [0.5, 0.6) is 17.2 Å². The minimum absolute atomic E-state index is 0.00867. The molecule has 0 spiro atoms. The largest absolute Gasteiger partial charge is 0.492 e. The second-order valence-corrected chi connectivity index (χ2v) is 36.4. The van der Waals surface area contributed by atoms with Crippen molar-refractivity contribution in [1.82, 2.24) is 37.0 Å². The number of thioether (sulfide) groups is 1. The fraction of sp³-hybridized carbons (Fsp3) is 0.631. The van der Waals surface area contributed by atoms with E-state index in [4.69, 9.17) is 77.9 Å². The summed E-state index contributed by atoms with van der Waals surface area (Å²) in [6, 6.07) is 0.218. The Balaban J connectivity index is 1.000. The average molecular weight is 1940 g/mol. The second kappa shape index (κ2) is 49.4. The Morgan fingerprint density at radius 3 is 2.10 bits per heavy atom. The van der Waals surface area contributed by atoms with E-state index in [9.17, 15) is 68.7 Å². The van der Waals surface area contributed by atoms with Crippen LogP contribution in [-0.4, -0.2) is 289 Å². The molecule has 22 atom stereocenters. The third kappa shape index (κ3) is 27.5. The van der Waals surface area contributed by atoms with E-state index >= 15 is 0 Å². The molecule has 2 bridgehead atoms. The molecule has 2 aliphatic carbocycles. The number of urea groups is 1. The van der Waals surface area contributed by atoms with Gasteiger partial charge in [-0.05, 0) is 137 Å². The zero-order valence-corrected chi connectivity index (χ0v) is 77.7. The van der Waals surface area contributed by atoms with E-state index in [0.717, 1.165) is 18.9 Å². The number of methoxy groups -OCH3 is 5. The number of nitrogens with one attached hydrogen (secondary N) is 7. The molecule has 4 saturated heterocycles. The third-order valence-electron chi connectivity index (χ3n) is 21.5. The molecule has 8 amide bonds. The second-order valence-electron chi connectivity index (χ2n) is 31.2. The van der Waals surface area contributed by atoms with Crippen LogP contribution in [0.2, 0.25) is 0 Å². The van der Waals surface area contributed by atoms with E-state index in [1.165, 1.54) is 63.2 Å². The number of carbonyl (C=O) groups excluding carboxylic acids is 9. The van der Waals surface area contributed by atoms with E-state index in [0.29, 0.717) is 39.8 Å². The molecule has 8 rings (SSSR count). The normalized spacial score (nSPS) is 28.4. The average Bonchev–Trinajstić information content (AvgIpc) is 0.749. The first-order chi connectivity index (χ1) is 60.0. The number of primary amides is 1. The molecule has 4 heterocycles. The molecule has 0 aromatic heterocycles. The van der Waals surface area contributed by atoms with Gasteiger partial charge in [-0.1, -0.05) is 103 Å². The molecule has 16 N–H and O–H groups in total. The molecule has 38 nitrogen and oxygen atoms in total. The quantitative estimate of drug-likeness (QED) is 0.0147. The number of hydrogen-bond acceptors (Lipinski definition) is 33. The highest BCUT2D eigenvalue weighted by molar-refractivity contribution is 14.1. The van der Waals surface area contributed by atoms with Crippen LogP contribution in [0.25, 0.3) is 0 Å². The summed E-state index contributed by atoms with van der Waals surface area (Å²) >= 11 is 2.76. The number of Topliss-reactive ketones (excluding diaryl/α,β-unsaturated/α-hetero) is 1. The predicted octanol–water partition coefficient (Wildman–Crippen LogP) is 4.02. The lowest BCUT2D eigenvalue weighted by Gasteiger charge is -2.47. The minimum atomic E-state index is -2.16. The van der Waals surface area contributed by atoms with Crippen LogP contribution in [-0.2, 0) is 82.8 Å². The number of nitrogens with two attached hydrogens (primary N) is 2. The molecule has 42 heteroatoms. The number of aliphatic hydroxyl groups is 5. The highest BCUT2D eigenvalue weighted by atomic mass is 127. The maximum atomic E-state index is 14.7. The standard InChI is InChI=1S/C84H119IN10O28S3/c1-16-95(83(108)116-39-48-27-29-49(30-28-48)90-75(102)52(25-23-34-88-81(87)106)91-77(104)63(41(2)3)92-76(103)51(89-47(10)96)24-20-22-33-86)53-40-115-58(37-57(53)110-11)121-72-67(100)64(44(7)118-80(72)120-56-26-19-17-18-21-32-84(109)38-55(98)65(93-82(107)114-15)61(56)50(84)31-35-124-126-42(4)5)94-123-59-36-54(97)74(46(9)117-59)125-78(105)60-43(6)62(85)70(73(113-14)69(60)111-12)122-79-68(101)71(112-13)66(99)45(8)119-79/h17-18,27-31,41-42,44-46,51-54,56-59,63-64,66-68,71-72,74,79-80,94,97,99-101,109H,16,20,22-25,33-40,86H2,1-15H3,(H,89,96)(H,90,102)(H,91,104)(H,92,103)(H,93,107)(H3,87,88,106)/b18-17-,50-31+/t44-,45+,46-,51+,52+,53+,54+,56+,57+,58+,59+,63+,64-,66+,67+,68-,71-,72-,74-,79+,80+,84+/m1/s1. The summed E-state index contributed by atoms with van der Waals surface area (Å²) in [6.07, 6.45) is -15.8. The molecular weight excluding hydrogens is 1820 g/mol. The number of aliphatic hydroxyl groups excluding tert-OH is 4. The van der Waals surface area contributed by atoms with E-state index < -0.39 is 198 Å². The number of benzene rings is 2. The first-order valence-electron chi connectivity index (χ1n) is 41.3. The summed E-state index contributed by atoms with van der Waals surface area (Å²) in [5.74, 6) is 8.21. The van der Waals surface area contributed by atoms with Crippen molar-refractivity contribution in [2.75, 3.05) is 72.9 Å². The summed E-state index contributed by atoms with van der Waals surface area (Å²) in [6.45, 7) is 16.9. The number of amides is 8. The van der Waals surface area contributed by atoms with Crippen molar-refractivity contribution in [2.24, 2.45) is 17.4 Å². The van der Waals surface area contributed by atoms with Gasteiger partial charge in [-0.2, -0.15) is 5.48 Å². The van der Waals surface area contributed by atoms with E-state index in [1.807, 2.05) is 36.4 Å². The Hall–Kier alpha value is -7.65. The lowest BCUT2D eigenvalue weighted by molar-refractivity contribution is -0.337. The van der Waals surface area contributed by atoms with Gasteiger partial charge in [0.05, 0.1) is 97.0 Å². The number of carbonyl (C=O) groups is 9. The number of unbranched alkanes of at least 4 members (excludes halogenated alkanes) is 1. The van der Waals surface area contributed by atoms with E-state index in [1.54, 1.807) is 89.6 Å². The first kappa shape index (κ1) is 104. The number of fused-ring (bicyclic) bond motifs is 2. The monoisotopic (exact) mass is 1940 g/mol. The summed E-state index contributed by atoms with van der Waals surface area (Å²) in [4.78, 5) is 129. The maximum Gasteiger partial charge on any atom is 0.411 e. The van der Waals surface area contributed by atoms with Gasteiger partial charge in [0.25, 0.3) is 0 Å². The van der Waals surface area contributed by atoms with Crippen molar-refractivity contribution >= 4 is 114 Å². The maximum absolute atomic E-state index is 14.7. The number of ether oxygens (including phenoxy) is 13. The molecule has 4 fully saturated rings. The molecule has 0 saturated carbocycles. The fourth-order valence-electron chi connectivity index (χ4n) is 14.9. The molecule has 698 valence electrons. The fourth-order valence-corrected chi connectivity index (χ4v) is 18.5. The van der Waals surface area contributed by atoms with Crippen molar-refractivity contribution < 1.29 is 135 Å². The van der Waals surface area contributed by atoms with Gasteiger partial charge in [0.1, 0.15) is 61.4 Å². The lowest BCUT2D eigenvalue weighted by Crippen LogP contribution is -2.65. The van der Waals surface area contributed by atoms with Crippen molar-refractivity contribution in [3.05, 3.63) is 79.6 Å². The number of hydrogen-bond donors (Lipinski definition) is 14. The van der Waals surface area contributed by atoms with Crippen LogP contribution in [0.3, 0.4) is 0 Å². The minimum Gasteiger partial charge on any atom is -0.492 e. The summed E-state index contributed by atoms with van der Waals surface area (Å²) in [7, 11) is 9.53. The Morgan fingerprint density at radius 1 is 0.778 bits per heavy atom. The number of alkyl carbamates (subject to hydrolysis) is 1. The molecule has 4 aliphatic heterocycles. The smallest absolute Gasteiger partial charge is 0.411 e. The molecule has 6 aliphatic rings. The first-order valence-corrected chi connectivity index (χ1v) is 45.7. The van der Waals surface area contributed by atoms with Crippen molar-refractivity contribution in [3.63, 3.8) is 0 Å². The number of anilines is 1. The van der Waals surface area contributed by atoms with Crippen molar-refractivity contribution in [3.8, 4) is 40.9 Å². The summed E-state index contributed by atoms with van der Waals surface area (Å²) in [5, 5.41) is 73.9. The van der Waals surface area contributed by atoms with Gasteiger partial charge in [-0.25, -0.2) is 14.4 Å². The van der Waals surface area contributed by atoms with Crippen LogP contribution in [0.1, 0.15) is 135 Å². The van der Waals surface area contributed by atoms with Gasteiger partial charge in [0.15, 0.2) is 41.8 Å². The van der Waals surface area contributed by atoms with Crippen LogP contribution in [0.15, 0.2) is 59.3 Å². The van der Waals surface area contributed by atoms with Crippen LogP contribution in [0.4, 0.5) is 20.1 Å². The number of rotatable bonds is 40. The van der Waals surface area contributed by atoms with Gasteiger partial charge < -0.3 is 130 Å². The number of hydroxylamine groups is 1. The SMILES string of the molecule is CCN(C(=O)OCc1ccc(NC(=O)[C@H](CCCNC(N)=O)NC(=O)[C@@H](NC(=O)[C@H](CCCCN)NC(C)=O)C(C)C)cc1)[C@H]1CO[C@@H](O[C@H]2[C@H](O[C@H]3C#C/C=C\C#C[C@]4(O)CC(=O)C(NC(=O)OC)=C3/C4=C\CSSC(C)C)O[C@H](C)[C@@H](NO[C@H]3C[C@H](O)[C@H](SC(=O)c4c(C)c(I)c(O[C@@H]5O[C@@H](C)[C@H](O)[C@@H](OC)[C@H]5O)c(OC)c4OC)[C@@H](C)O3)[C@@H]2O)C[C@@H]1OC. The number of halogens is 1. The van der Waals surface area contributed by atoms with Crippen molar-refractivity contribution in [2.45, 2.75) is 266 Å². The Labute approximate surface area is 758 Å². The Kier molecular flexibility index (Phi) is 40.7. The van der Waals surface area contributed by atoms with Crippen LogP contribution >= 0.6 is 55.9 Å². The van der Waals surface area contributed by atoms with E-state index in [2.05, 4.69) is 61.1 Å². The Morgan fingerprint density at radius 2 is 1.47 bits per heavy atom. The zero-order chi connectivity index (χ0) is 92.6. The predicted molar refractivity (Wildman–Crippen MR) is 471 cm³/mol. The molecule has 2 aromatic rings. The van der Waals surface area contributed by atoms with Gasteiger partial charge in [0.2, 0.25) is 40.8 Å². The lowest BCUT2D eigenvalue weighted by atomic mass is 9.75. The van der Waals surface area contributed by atoms with Crippen LogP contribution in [0, 0.1) is 40.1 Å². The number of ketones is 1. The number of nitrogens with zero attached hydrogens (tertiary/aromatic N) is 1. The van der Waals surface area contributed by atoms with Gasteiger partial charge >= 0.3 is 18.2 Å². The molecule has 2 aromatic carbocycles. The topological polar surface area (TPSA) is 523 Å². The zero-order valence-electron chi connectivity index (χ0n) is 73.1. The van der Waals surface area contributed by atoms with Crippen molar-refractivity contribution in [1.29, 1.82) is 0 Å². The molecule has 126 heavy (non-hydrogen) atoms. The van der Waals surface area contributed by atoms with Crippen LogP contribution < -0.4 is 63.1 Å². The third-order valence-corrected chi connectivity index (χ3v) is 26.9. The number of likely N-dealkylation sites (N-methyl/N-ethyl adjacent to an activating group) is 1. The molecular formula is C84H119IN10O28S3. The molecule has 0 unspecified atom stereocenters. The van der Waals surface area contributed by atoms with Gasteiger partial charge in [-0.3, -0.25) is 38.9 Å². The Bertz CT molecular complexity index is 4330. The molecule has 0 radical (unpaired) electrons. The summed E-state index contributed by atoms with van der Waals surface area (Å²) < 4.78 is 79.6. The summed E-state index contributed by atoms with van der Waals surface area (Å²) in [5.41, 5.74) is 12.6. The van der Waals surface area contributed by atoms with E-state index in [-0.39, 0.29) is 109 Å². The highest BCUT2D eigenvalue weighted by Crippen LogP contribution is 2.49. The number of allylic oxidation sites excluding steroid dienone is 3.